The molecule has 0 spiro atoms. The maximum Gasteiger partial charge on any atom is 0.481 e. The van der Waals surface area contributed by atoms with Gasteiger partial charge < -0.3 is 34.7 Å². The van der Waals surface area contributed by atoms with Gasteiger partial charge in [-0.05, 0) is 89.5 Å². The molecule has 3 amide bonds. The molecule has 4 fully saturated rings. The molecule has 3 saturated carbocycles. The molecule has 0 radical (unpaired) electrons. The molecular formula is C31H48BN3O7. The predicted molar refractivity (Wildman–Crippen MR) is 159 cm³/mol. The average Bonchev–Trinajstić information content (AvgIpc) is 3.28. The molecular weight excluding hydrogens is 537 g/mol. The van der Waals surface area contributed by atoms with E-state index in [-0.39, 0.29) is 29.6 Å². The number of rotatable bonds is 11. The lowest BCUT2D eigenvalue weighted by atomic mass is 9.43. The summed E-state index contributed by atoms with van der Waals surface area (Å²) >= 11 is 0. The van der Waals surface area contributed by atoms with E-state index in [0.717, 1.165) is 18.4 Å². The van der Waals surface area contributed by atoms with Crippen molar-refractivity contribution in [2.45, 2.75) is 116 Å². The van der Waals surface area contributed by atoms with Crippen molar-refractivity contribution in [1.29, 1.82) is 0 Å². The van der Waals surface area contributed by atoms with Gasteiger partial charge in [0.2, 0.25) is 5.91 Å². The van der Waals surface area contributed by atoms with Gasteiger partial charge in [0, 0.05) is 6.54 Å². The standard InChI is InChI=1S/C31H48BN3O7/c1-20(32-41-25-18-22-17-24(30(22,5)6)31(25,7)42-32)34-26(36)23(35-28(38)40-29(2,3)4)15-11-12-16-33-27(37)39-19-21-13-9-8-10-14-21/h8-10,13-14,20,22-25H,11-12,15-19H2,1-7H3,(H,33,37)(H,34,36)(H,35,38)/t20-,22-,23+,24-,25+,31-/m1/s1. The number of nitrogens with one attached hydrogen (secondary N) is 3. The van der Waals surface area contributed by atoms with Gasteiger partial charge in [0.1, 0.15) is 18.2 Å². The first-order valence-electron chi connectivity index (χ1n) is 15.3. The highest BCUT2D eigenvalue weighted by atomic mass is 16.7. The lowest BCUT2D eigenvalue weighted by molar-refractivity contribution is -0.199. The van der Waals surface area contributed by atoms with Crippen molar-refractivity contribution in [2.75, 3.05) is 6.54 Å². The Bertz CT molecular complexity index is 1110. The monoisotopic (exact) mass is 585 g/mol. The van der Waals surface area contributed by atoms with Gasteiger partial charge in [-0.2, -0.15) is 0 Å². The Morgan fingerprint density at radius 2 is 1.76 bits per heavy atom. The van der Waals surface area contributed by atoms with Gasteiger partial charge in [0.15, 0.2) is 0 Å². The second kappa shape index (κ2) is 12.8. The highest BCUT2D eigenvalue weighted by Crippen LogP contribution is 2.65. The second-order valence-electron chi connectivity index (χ2n) is 13.8. The summed E-state index contributed by atoms with van der Waals surface area (Å²) in [7, 11) is -0.563. The minimum atomic E-state index is -0.821. The van der Waals surface area contributed by atoms with E-state index in [1.165, 1.54) is 0 Å². The Morgan fingerprint density at radius 3 is 2.43 bits per heavy atom. The third-order valence-electron chi connectivity index (χ3n) is 9.16. The van der Waals surface area contributed by atoms with Gasteiger partial charge >= 0.3 is 19.3 Å². The summed E-state index contributed by atoms with van der Waals surface area (Å²) in [5, 5.41) is 8.46. The molecule has 11 heteroatoms. The summed E-state index contributed by atoms with van der Waals surface area (Å²) in [6, 6.07) is 8.63. The number of unbranched alkanes of at least 4 members (excludes halogenated alkanes) is 1. The Morgan fingerprint density at radius 1 is 1.05 bits per heavy atom. The summed E-state index contributed by atoms with van der Waals surface area (Å²) in [5.41, 5.74) is 0.0662. The SMILES string of the molecule is C[C@@H](NC(=O)[C@H](CCCCNC(=O)OCc1ccccc1)NC(=O)OC(C)(C)C)B1O[C@H]2C[C@H]3C[C@H](C3(C)C)[C@@]2(C)O1. The van der Waals surface area contributed by atoms with Crippen LogP contribution >= 0.6 is 0 Å². The van der Waals surface area contributed by atoms with Crippen LogP contribution in [0, 0.1) is 17.3 Å². The van der Waals surface area contributed by atoms with E-state index in [9.17, 15) is 14.4 Å². The quantitative estimate of drug-likeness (QED) is 0.253. The molecule has 232 valence electrons. The van der Waals surface area contributed by atoms with Crippen LogP contribution in [-0.2, 0) is 30.2 Å². The van der Waals surface area contributed by atoms with Crippen molar-refractivity contribution in [3.05, 3.63) is 35.9 Å². The first kappa shape index (κ1) is 32.1. The van der Waals surface area contributed by atoms with E-state index >= 15 is 0 Å². The number of hydrogen-bond donors (Lipinski definition) is 3. The Labute approximate surface area is 250 Å². The summed E-state index contributed by atoms with van der Waals surface area (Å²) in [6.07, 6.45) is 2.52. The van der Waals surface area contributed by atoms with E-state index in [1.54, 1.807) is 20.8 Å². The van der Waals surface area contributed by atoms with Crippen LogP contribution in [-0.4, -0.2) is 61.0 Å². The van der Waals surface area contributed by atoms with Crippen LogP contribution in [0.4, 0.5) is 9.59 Å². The molecule has 1 aromatic carbocycles. The Balaban J connectivity index is 1.26. The predicted octanol–water partition coefficient (Wildman–Crippen LogP) is 4.75. The molecule has 10 nitrogen and oxygen atoms in total. The van der Waals surface area contributed by atoms with Crippen molar-refractivity contribution in [1.82, 2.24) is 16.0 Å². The summed E-state index contributed by atoms with van der Waals surface area (Å²) in [6.45, 7) is 14.5. The van der Waals surface area contributed by atoms with Gasteiger partial charge in [0.25, 0.3) is 0 Å². The smallest absolute Gasteiger partial charge is 0.445 e. The van der Waals surface area contributed by atoms with E-state index < -0.39 is 36.9 Å². The lowest BCUT2D eigenvalue weighted by Crippen LogP contribution is -2.65. The van der Waals surface area contributed by atoms with Crippen molar-refractivity contribution in [2.24, 2.45) is 17.3 Å². The van der Waals surface area contributed by atoms with Crippen molar-refractivity contribution >= 4 is 25.2 Å². The third kappa shape index (κ3) is 7.59. The topological polar surface area (TPSA) is 124 Å². The molecule has 3 N–H and O–H groups in total. The van der Waals surface area contributed by atoms with Crippen LogP contribution in [0.2, 0.25) is 0 Å². The van der Waals surface area contributed by atoms with Crippen molar-refractivity contribution in [3.8, 4) is 0 Å². The van der Waals surface area contributed by atoms with Crippen LogP contribution in [0.5, 0.6) is 0 Å². The number of ether oxygens (including phenoxy) is 2. The van der Waals surface area contributed by atoms with Crippen molar-refractivity contribution in [3.63, 3.8) is 0 Å². The maximum absolute atomic E-state index is 13.4. The van der Waals surface area contributed by atoms with Gasteiger partial charge in [-0.3, -0.25) is 4.79 Å². The van der Waals surface area contributed by atoms with E-state index in [0.29, 0.717) is 37.6 Å². The molecule has 1 heterocycles. The minimum Gasteiger partial charge on any atom is -0.445 e. The molecule has 0 aromatic heterocycles. The van der Waals surface area contributed by atoms with E-state index in [1.807, 2.05) is 37.3 Å². The number of alkyl carbamates (subject to hydrolysis) is 2. The van der Waals surface area contributed by atoms with E-state index in [2.05, 4.69) is 36.7 Å². The normalized spacial score (nSPS) is 27.1. The van der Waals surface area contributed by atoms with Gasteiger partial charge in [0.05, 0.1) is 17.6 Å². The van der Waals surface area contributed by atoms with Crippen molar-refractivity contribution < 1.29 is 33.2 Å². The van der Waals surface area contributed by atoms with Crippen LogP contribution in [0.25, 0.3) is 0 Å². The van der Waals surface area contributed by atoms with Gasteiger partial charge in [-0.15, -0.1) is 0 Å². The van der Waals surface area contributed by atoms with Gasteiger partial charge in [-0.25, -0.2) is 9.59 Å². The first-order chi connectivity index (χ1) is 19.7. The number of amides is 3. The molecule has 1 saturated heterocycles. The lowest BCUT2D eigenvalue weighted by Gasteiger charge is -2.64. The number of benzene rings is 1. The zero-order valence-corrected chi connectivity index (χ0v) is 26.2. The molecule has 6 atom stereocenters. The van der Waals surface area contributed by atoms with Crippen LogP contribution in [0.15, 0.2) is 30.3 Å². The maximum atomic E-state index is 13.4. The summed E-state index contributed by atoms with van der Waals surface area (Å²) in [5.74, 6) is 0.313. The largest absolute Gasteiger partial charge is 0.481 e. The summed E-state index contributed by atoms with van der Waals surface area (Å²) < 4.78 is 23.5. The number of hydrogen-bond acceptors (Lipinski definition) is 7. The zero-order chi connectivity index (χ0) is 30.7. The molecule has 0 unspecified atom stereocenters. The first-order valence-corrected chi connectivity index (χ1v) is 15.3. The molecule has 42 heavy (non-hydrogen) atoms. The van der Waals surface area contributed by atoms with Gasteiger partial charge in [-0.1, -0.05) is 44.2 Å². The number of carbonyl (C=O) groups excluding carboxylic acids is 3. The second-order valence-corrected chi connectivity index (χ2v) is 13.8. The highest BCUT2D eigenvalue weighted by Gasteiger charge is 2.68. The average molecular weight is 586 g/mol. The fourth-order valence-electron chi connectivity index (χ4n) is 6.66. The zero-order valence-electron chi connectivity index (χ0n) is 26.2. The Hall–Kier alpha value is -2.79. The molecule has 4 aliphatic rings. The molecule has 1 aliphatic heterocycles. The molecule has 3 aliphatic carbocycles. The number of carbonyl (C=O) groups is 3. The summed E-state index contributed by atoms with van der Waals surface area (Å²) in [4.78, 5) is 38.0. The van der Waals surface area contributed by atoms with Crippen LogP contribution < -0.4 is 16.0 Å². The fourth-order valence-corrected chi connectivity index (χ4v) is 6.66. The highest BCUT2D eigenvalue weighted by molar-refractivity contribution is 6.47. The van der Waals surface area contributed by atoms with Crippen LogP contribution in [0.3, 0.4) is 0 Å². The van der Waals surface area contributed by atoms with E-state index in [4.69, 9.17) is 18.8 Å². The van der Waals surface area contributed by atoms with Crippen LogP contribution in [0.1, 0.15) is 86.1 Å². The fraction of sp³-hybridized carbons (Fsp3) is 0.710. The molecule has 5 rings (SSSR count). The minimum absolute atomic E-state index is 0.0150. The molecule has 1 aromatic rings. The third-order valence-corrected chi connectivity index (χ3v) is 9.16. The molecule has 2 bridgehead atoms. The Kier molecular flexibility index (Phi) is 9.82.